The van der Waals surface area contributed by atoms with E-state index in [1.807, 2.05) is 0 Å². The normalized spacial score (nSPS) is 12.4. The molecule has 12 nitrogen and oxygen atoms in total. The highest BCUT2D eigenvalue weighted by Crippen LogP contribution is 2.07. The molecule has 0 rings (SSSR count). The summed E-state index contributed by atoms with van der Waals surface area (Å²) in [5, 5.41) is 34.0. The number of unbranched alkanes of at least 4 members (excludes halogenated alkanes) is 6. The molecular formula is C21H38N4O8. The lowest BCUT2D eigenvalue weighted by Gasteiger charge is -2.18. The molecule has 0 heterocycles. The molecule has 0 unspecified atom stereocenters. The van der Waals surface area contributed by atoms with Gasteiger partial charge in [-0.05, 0) is 45.1 Å². The van der Waals surface area contributed by atoms with Gasteiger partial charge >= 0.3 is 23.9 Å². The molecule has 0 spiro atoms. The maximum Gasteiger partial charge on any atom is 0.326 e. The first-order valence-electron chi connectivity index (χ1n) is 11.4. The Balaban J connectivity index is 4.10. The number of urea groups is 1. The summed E-state index contributed by atoms with van der Waals surface area (Å²) >= 11 is 0. The minimum atomic E-state index is -1.45. The third kappa shape index (κ3) is 17.4. The van der Waals surface area contributed by atoms with Gasteiger partial charge in [-0.3, -0.25) is 9.59 Å². The Morgan fingerprint density at radius 2 is 1.21 bits per heavy atom. The predicted octanol–water partition coefficient (Wildman–Crippen LogP) is 1.03. The Bertz CT molecular complexity index is 629. The van der Waals surface area contributed by atoms with E-state index in [0.717, 1.165) is 38.5 Å². The van der Waals surface area contributed by atoms with Crippen LogP contribution in [0.5, 0.6) is 0 Å². The lowest BCUT2D eigenvalue weighted by molar-refractivity contribution is -0.140. The van der Waals surface area contributed by atoms with Crippen molar-refractivity contribution in [2.24, 2.45) is 5.73 Å². The molecule has 0 fully saturated rings. The van der Waals surface area contributed by atoms with Crippen LogP contribution in [0.15, 0.2) is 0 Å². The summed E-state index contributed by atoms with van der Waals surface area (Å²) in [6.45, 7) is 1.10. The van der Waals surface area contributed by atoms with Gasteiger partial charge in [0.05, 0.1) is 0 Å². The van der Waals surface area contributed by atoms with Crippen molar-refractivity contribution in [2.45, 2.75) is 89.1 Å². The van der Waals surface area contributed by atoms with Crippen LogP contribution in [0.1, 0.15) is 77.0 Å². The SMILES string of the molecule is NCCCCCCCCC(=O)NCCCC[C@H](NC(=O)N[C@@H](CCC(=O)O)C(=O)O)C(=O)O. The molecule has 0 aliphatic rings. The third-order valence-electron chi connectivity index (χ3n) is 4.95. The van der Waals surface area contributed by atoms with E-state index in [0.29, 0.717) is 32.4 Å². The highest BCUT2D eigenvalue weighted by Gasteiger charge is 2.24. The van der Waals surface area contributed by atoms with E-state index < -0.39 is 42.4 Å². The minimum Gasteiger partial charge on any atom is -0.481 e. The van der Waals surface area contributed by atoms with Gasteiger partial charge in [0.15, 0.2) is 0 Å². The number of carbonyl (C=O) groups is 5. The molecule has 190 valence electrons. The fraction of sp³-hybridized carbons (Fsp3) is 0.762. The number of carboxylic acids is 3. The van der Waals surface area contributed by atoms with Crippen LogP contribution in [0.25, 0.3) is 0 Å². The average molecular weight is 475 g/mol. The van der Waals surface area contributed by atoms with Crippen LogP contribution in [-0.2, 0) is 19.2 Å². The smallest absolute Gasteiger partial charge is 0.326 e. The highest BCUT2D eigenvalue weighted by molar-refractivity contribution is 5.86. The summed E-state index contributed by atoms with van der Waals surface area (Å²) in [7, 11) is 0. The second-order valence-corrected chi connectivity index (χ2v) is 7.84. The second kappa shape index (κ2) is 18.7. The Morgan fingerprint density at radius 1 is 0.667 bits per heavy atom. The van der Waals surface area contributed by atoms with Gasteiger partial charge in [-0.15, -0.1) is 0 Å². The Hall–Kier alpha value is -2.89. The van der Waals surface area contributed by atoms with Crippen molar-refractivity contribution < 1.29 is 39.3 Å². The molecule has 0 aliphatic carbocycles. The zero-order valence-electron chi connectivity index (χ0n) is 19.0. The first-order chi connectivity index (χ1) is 15.7. The number of carboxylic acid groups (broad SMARTS) is 3. The van der Waals surface area contributed by atoms with Gasteiger partial charge in [-0.1, -0.05) is 25.7 Å². The fourth-order valence-corrected chi connectivity index (χ4v) is 3.07. The summed E-state index contributed by atoms with van der Waals surface area (Å²) in [4.78, 5) is 56.8. The molecule has 12 heteroatoms. The molecule has 2 atom stereocenters. The number of carbonyl (C=O) groups excluding carboxylic acids is 2. The Kier molecular flexibility index (Phi) is 17.0. The second-order valence-electron chi connectivity index (χ2n) is 7.84. The molecule has 0 bridgehead atoms. The number of rotatable bonds is 20. The predicted molar refractivity (Wildman–Crippen MR) is 120 cm³/mol. The van der Waals surface area contributed by atoms with Gasteiger partial charge < -0.3 is 37.0 Å². The van der Waals surface area contributed by atoms with Crippen molar-refractivity contribution in [3.63, 3.8) is 0 Å². The van der Waals surface area contributed by atoms with Crippen LogP contribution in [0, 0.1) is 0 Å². The molecule has 0 radical (unpaired) electrons. The third-order valence-corrected chi connectivity index (χ3v) is 4.95. The average Bonchev–Trinajstić information content (AvgIpc) is 2.74. The van der Waals surface area contributed by atoms with Crippen molar-refractivity contribution in [3.05, 3.63) is 0 Å². The minimum absolute atomic E-state index is 0.0506. The number of hydrogen-bond acceptors (Lipinski definition) is 6. The molecule has 8 N–H and O–H groups in total. The molecule has 33 heavy (non-hydrogen) atoms. The van der Waals surface area contributed by atoms with E-state index >= 15 is 0 Å². The Labute approximate surface area is 193 Å². The van der Waals surface area contributed by atoms with Crippen LogP contribution < -0.4 is 21.7 Å². The Morgan fingerprint density at radius 3 is 1.76 bits per heavy atom. The topological polar surface area (TPSA) is 208 Å². The quantitative estimate of drug-likeness (QED) is 0.125. The lowest BCUT2D eigenvalue weighted by Crippen LogP contribution is -2.51. The molecular weight excluding hydrogens is 436 g/mol. The van der Waals surface area contributed by atoms with Crippen molar-refractivity contribution in [1.82, 2.24) is 16.0 Å². The van der Waals surface area contributed by atoms with E-state index in [1.165, 1.54) is 0 Å². The van der Waals surface area contributed by atoms with E-state index in [2.05, 4.69) is 16.0 Å². The van der Waals surface area contributed by atoms with Crippen molar-refractivity contribution >= 4 is 29.8 Å². The maximum absolute atomic E-state index is 11.9. The van der Waals surface area contributed by atoms with Gasteiger partial charge in [-0.2, -0.15) is 0 Å². The van der Waals surface area contributed by atoms with Gasteiger partial charge in [-0.25, -0.2) is 14.4 Å². The van der Waals surface area contributed by atoms with Crippen molar-refractivity contribution in [1.29, 1.82) is 0 Å². The monoisotopic (exact) mass is 474 g/mol. The van der Waals surface area contributed by atoms with Gasteiger partial charge in [0.2, 0.25) is 5.91 Å². The maximum atomic E-state index is 11.9. The van der Waals surface area contributed by atoms with Crippen molar-refractivity contribution in [3.8, 4) is 0 Å². The molecule has 3 amide bonds. The summed E-state index contributed by atoms with van der Waals surface area (Å²) in [6, 6.07) is -3.69. The molecule has 0 aromatic rings. The summed E-state index contributed by atoms with van der Waals surface area (Å²) in [6.07, 6.45) is 6.84. The van der Waals surface area contributed by atoms with E-state index in [-0.39, 0.29) is 18.7 Å². The number of nitrogens with one attached hydrogen (secondary N) is 3. The van der Waals surface area contributed by atoms with Gasteiger partial charge in [0.25, 0.3) is 0 Å². The zero-order valence-corrected chi connectivity index (χ0v) is 19.0. The van der Waals surface area contributed by atoms with E-state index in [1.54, 1.807) is 0 Å². The molecule has 0 saturated carbocycles. The standard InChI is InChI=1S/C21H38N4O8/c22-13-7-4-2-1-3-5-10-17(26)23-14-8-6-9-15(19(29)30)24-21(33)25-16(20(31)32)11-12-18(27)28/h15-16H,1-14,22H2,(H,23,26)(H,27,28)(H,29,30)(H,31,32)(H2,24,25,33)/t15-,16-/m0/s1. The molecule has 0 aromatic carbocycles. The highest BCUT2D eigenvalue weighted by atomic mass is 16.4. The first kappa shape index (κ1) is 30.1. The van der Waals surface area contributed by atoms with Crippen LogP contribution in [0.4, 0.5) is 4.79 Å². The molecule has 0 saturated heterocycles. The van der Waals surface area contributed by atoms with Crippen LogP contribution in [0.3, 0.4) is 0 Å². The van der Waals surface area contributed by atoms with Crippen LogP contribution in [0.2, 0.25) is 0 Å². The molecule has 0 aromatic heterocycles. The van der Waals surface area contributed by atoms with E-state index in [9.17, 15) is 29.1 Å². The molecule has 0 aliphatic heterocycles. The zero-order chi connectivity index (χ0) is 25.1. The largest absolute Gasteiger partial charge is 0.481 e. The van der Waals surface area contributed by atoms with E-state index in [4.69, 9.17) is 15.9 Å². The lowest BCUT2D eigenvalue weighted by atomic mass is 10.1. The number of amides is 3. The van der Waals surface area contributed by atoms with Gasteiger partial charge in [0.1, 0.15) is 12.1 Å². The number of nitrogens with two attached hydrogens (primary N) is 1. The van der Waals surface area contributed by atoms with Crippen LogP contribution >= 0.6 is 0 Å². The summed E-state index contributed by atoms with van der Waals surface area (Å²) in [5.74, 6) is -3.96. The van der Waals surface area contributed by atoms with Gasteiger partial charge in [0, 0.05) is 19.4 Å². The first-order valence-corrected chi connectivity index (χ1v) is 11.4. The van der Waals surface area contributed by atoms with Crippen LogP contribution in [-0.4, -0.2) is 70.3 Å². The fourth-order valence-electron chi connectivity index (χ4n) is 3.07. The number of aliphatic carboxylic acids is 3. The van der Waals surface area contributed by atoms with Crippen molar-refractivity contribution in [2.75, 3.05) is 13.1 Å². The number of hydrogen-bond donors (Lipinski definition) is 7. The summed E-state index contributed by atoms with van der Waals surface area (Å²) in [5.41, 5.74) is 5.44. The summed E-state index contributed by atoms with van der Waals surface area (Å²) < 4.78 is 0.